The van der Waals surface area contributed by atoms with Crippen LogP contribution in [0.3, 0.4) is 0 Å². The van der Waals surface area contributed by atoms with Gasteiger partial charge in [0, 0.05) is 11.0 Å². The number of carboxylic acids is 1. The number of hydrogen-bond acceptors (Lipinski definition) is 4. The normalized spacial score (nSPS) is 18.3. The Morgan fingerprint density at radius 1 is 1.67 bits per heavy atom. The van der Waals surface area contributed by atoms with Crippen LogP contribution in [-0.2, 0) is 4.79 Å². The van der Waals surface area contributed by atoms with Gasteiger partial charge in [-0.25, -0.2) is 0 Å². The lowest BCUT2D eigenvalue weighted by Crippen LogP contribution is -2.47. The maximum Gasteiger partial charge on any atom is 0.324 e. The molecular formula is C9H19N3O2S. The van der Waals surface area contributed by atoms with Crippen LogP contribution in [0.25, 0.3) is 0 Å². The number of hydrogen-bond donors (Lipinski definition) is 3. The van der Waals surface area contributed by atoms with Crippen molar-refractivity contribution in [1.82, 2.24) is 0 Å². The molecule has 0 saturated carbocycles. The molecule has 0 bridgehead atoms. The van der Waals surface area contributed by atoms with Gasteiger partial charge in [-0.1, -0.05) is 6.92 Å². The monoisotopic (exact) mass is 233 g/mol. The molecule has 0 aliphatic heterocycles. The molecule has 0 heterocycles. The molecule has 5 nitrogen and oxygen atoms in total. The standard InChI is InChI=1S/C9H19N3O2S/c1-6(4-12-7(2)10)15-5-9(3,11)8(13)14/h6H,4-5,11H2,1-3H3,(H2,10,12)(H,13,14). The third kappa shape index (κ3) is 6.35. The zero-order valence-corrected chi connectivity index (χ0v) is 10.2. The Hall–Kier alpha value is -0.750. The van der Waals surface area contributed by atoms with E-state index in [9.17, 15) is 4.79 Å². The van der Waals surface area contributed by atoms with Gasteiger partial charge in [0.2, 0.25) is 0 Å². The van der Waals surface area contributed by atoms with Gasteiger partial charge in [0.25, 0.3) is 0 Å². The zero-order valence-electron chi connectivity index (χ0n) is 9.36. The Bertz CT molecular complexity index is 250. The van der Waals surface area contributed by atoms with Gasteiger partial charge in [0.1, 0.15) is 5.54 Å². The first kappa shape index (κ1) is 14.2. The smallest absolute Gasteiger partial charge is 0.324 e. The minimum Gasteiger partial charge on any atom is -0.480 e. The second-order valence-electron chi connectivity index (χ2n) is 3.83. The minimum atomic E-state index is -1.18. The van der Waals surface area contributed by atoms with Crippen molar-refractivity contribution in [3.05, 3.63) is 0 Å². The third-order valence-electron chi connectivity index (χ3n) is 1.75. The summed E-state index contributed by atoms with van der Waals surface area (Å²) in [6.45, 7) is 5.78. The van der Waals surface area contributed by atoms with Crippen LogP contribution in [0.15, 0.2) is 4.99 Å². The van der Waals surface area contributed by atoms with Gasteiger partial charge in [-0.15, -0.1) is 0 Å². The summed E-state index contributed by atoms with van der Waals surface area (Å²) in [7, 11) is 0. The van der Waals surface area contributed by atoms with E-state index < -0.39 is 11.5 Å². The second kappa shape index (κ2) is 5.97. The third-order valence-corrected chi connectivity index (χ3v) is 3.24. The Morgan fingerprint density at radius 3 is 2.60 bits per heavy atom. The van der Waals surface area contributed by atoms with Crippen LogP contribution in [0.4, 0.5) is 0 Å². The predicted octanol–water partition coefficient (Wildman–Crippen LogP) is 0.287. The van der Waals surface area contributed by atoms with Crippen molar-refractivity contribution in [2.24, 2.45) is 16.5 Å². The van der Waals surface area contributed by atoms with Crippen molar-refractivity contribution < 1.29 is 9.90 Å². The zero-order chi connectivity index (χ0) is 12.1. The van der Waals surface area contributed by atoms with Gasteiger partial charge in [-0.05, 0) is 13.8 Å². The quantitative estimate of drug-likeness (QED) is 0.452. The number of amidine groups is 1. The molecule has 6 heteroatoms. The molecule has 0 aromatic rings. The van der Waals surface area contributed by atoms with Crippen LogP contribution in [0, 0.1) is 0 Å². The fraction of sp³-hybridized carbons (Fsp3) is 0.778. The van der Waals surface area contributed by atoms with Crippen molar-refractivity contribution in [2.75, 3.05) is 12.3 Å². The highest BCUT2D eigenvalue weighted by atomic mass is 32.2. The predicted molar refractivity (Wildman–Crippen MR) is 64.3 cm³/mol. The number of thioether (sulfide) groups is 1. The first-order chi connectivity index (χ1) is 6.75. The average molecular weight is 233 g/mol. The number of carboxylic acid groups (broad SMARTS) is 1. The average Bonchev–Trinajstić information content (AvgIpc) is 2.11. The van der Waals surface area contributed by atoms with E-state index in [0.717, 1.165) is 0 Å². The van der Waals surface area contributed by atoms with Crippen molar-refractivity contribution in [1.29, 1.82) is 0 Å². The second-order valence-corrected chi connectivity index (χ2v) is 5.25. The number of carbonyl (C=O) groups is 1. The molecule has 5 N–H and O–H groups in total. The van der Waals surface area contributed by atoms with E-state index in [2.05, 4.69) is 4.99 Å². The summed E-state index contributed by atoms with van der Waals surface area (Å²) in [5.74, 6) is -0.0836. The van der Waals surface area contributed by atoms with E-state index in [1.165, 1.54) is 18.7 Å². The van der Waals surface area contributed by atoms with Gasteiger partial charge in [-0.3, -0.25) is 9.79 Å². The van der Waals surface area contributed by atoms with Crippen LogP contribution in [0.1, 0.15) is 20.8 Å². The molecule has 0 rings (SSSR count). The van der Waals surface area contributed by atoms with Crippen LogP contribution in [0.5, 0.6) is 0 Å². The van der Waals surface area contributed by atoms with Crippen LogP contribution in [-0.4, -0.2) is 40.0 Å². The largest absolute Gasteiger partial charge is 0.480 e. The van der Waals surface area contributed by atoms with E-state index in [1.807, 2.05) is 6.92 Å². The number of nitrogens with two attached hydrogens (primary N) is 2. The highest BCUT2D eigenvalue weighted by Crippen LogP contribution is 2.16. The SMILES string of the molecule is CC(N)=NCC(C)SCC(C)(N)C(=O)O. The molecule has 0 spiro atoms. The van der Waals surface area contributed by atoms with Gasteiger partial charge in [0.05, 0.1) is 12.4 Å². The summed E-state index contributed by atoms with van der Waals surface area (Å²) < 4.78 is 0. The molecule has 0 radical (unpaired) electrons. The topological polar surface area (TPSA) is 102 Å². The molecule has 88 valence electrons. The summed E-state index contributed by atoms with van der Waals surface area (Å²) >= 11 is 1.49. The molecule has 0 fully saturated rings. The first-order valence-corrected chi connectivity index (χ1v) is 5.71. The van der Waals surface area contributed by atoms with Crippen molar-refractivity contribution in [3.8, 4) is 0 Å². The summed E-state index contributed by atoms with van der Waals surface area (Å²) in [4.78, 5) is 14.8. The highest BCUT2D eigenvalue weighted by Gasteiger charge is 2.28. The molecule has 0 saturated heterocycles. The van der Waals surface area contributed by atoms with Gasteiger partial charge in [0.15, 0.2) is 0 Å². The fourth-order valence-corrected chi connectivity index (χ4v) is 1.64. The Balaban J connectivity index is 3.95. The number of nitrogens with zero attached hydrogens (tertiary/aromatic N) is 1. The van der Waals surface area contributed by atoms with E-state index >= 15 is 0 Å². The Kier molecular flexibility index (Phi) is 5.67. The van der Waals surface area contributed by atoms with Crippen LogP contribution in [0.2, 0.25) is 0 Å². The van der Waals surface area contributed by atoms with E-state index in [4.69, 9.17) is 16.6 Å². The van der Waals surface area contributed by atoms with Gasteiger partial charge in [-0.2, -0.15) is 11.8 Å². The van der Waals surface area contributed by atoms with Crippen molar-refractivity contribution in [2.45, 2.75) is 31.6 Å². The lowest BCUT2D eigenvalue weighted by Gasteiger charge is -2.20. The maximum atomic E-state index is 10.7. The maximum absolute atomic E-state index is 10.7. The summed E-state index contributed by atoms with van der Waals surface area (Å²) in [5, 5.41) is 9.00. The molecule has 2 unspecified atom stereocenters. The summed E-state index contributed by atoms with van der Waals surface area (Å²) in [5.41, 5.74) is 9.80. The lowest BCUT2D eigenvalue weighted by atomic mass is 10.1. The minimum absolute atomic E-state index is 0.214. The van der Waals surface area contributed by atoms with Gasteiger partial charge >= 0.3 is 5.97 Å². The van der Waals surface area contributed by atoms with Crippen LogP contribution >= 0.6 is 11.8 Å². The van der Waals surface area contributed by atoms with E-state index in [0.29, 0.717) is 18.1 Å². The summed E-state index contributed by atoms with van der Waals surface area (Å²) in [6, 6.07) is 0. The molecular weight excluding hydrogens is 214 g/mol. The first-order valence-electron chi connectivity index (χ1n) is 4.66. The summed E-state index contributed by atoms with van der Waals surface area (Å²) in [6.07, 6.45) is 0. The number of aliphatic carboxylic acids is 1. The highest BCUT2D eigenvalue weighted by molar-refractivity contribution is 8.00. The Morgan fingerprint density at radius 2 is 2.20 bits per heavy atom. The molecule has 0 aromatic heterocycles. The van der Waals surface area contributed by atoms with Crippen LogP contribution < -0.4 is 11.5 Å². The van der Waals surface area contributed by atoms with Crippen molar-refractivity contribution >= 4 is 23.6 Å². The Labute approximate surface area is 94.3 Å². The van der Waals surface area contributed by atoms with E-state index in [-0.39, 0.29) is 5.25 Å². The molecule has 0 aromatic carbocycles. The molecule has 0 aliphatic carbocycles. The van der Waals surface area contributed by atoms with Gasteiger partial charge < -0.3 is 16.6 Å². The molecule has 0 aliphatic rings. The fourth-order valence-electron chi connectivity index (χ4n) is 0.702. The lowest BCUT2D eigenvalue weighted by molar-refractivity contribution is -0.141. The van der Waals surface area contributed by atoms with E-state index in [1.54, 1.807) is 6.92 Å². The van der Waals surface area contributed by atoms with Crippen molar-refractivity contribution in [3.63, 3.8) is 0 Å². The molecule has 2 atom stereocenters. The molecule has 0 amide bonds. The molecule has 15 heavy (non-hydrogen) atoms. The number of rotatable bonds is 6. The number of aliphatic imine (C=N–C) groups is 1.